The van der Waals surface area contributed by atoms with Crippen LogP contribution < -0.4 is 0 Å². The number of hydrogen-bond donors (Lipinski definition) is 0. The van der Waals surface area contributed by atoms with E-state index in [1.54, 1.807) is 0 Å². The van der Waals surface area contributed by atoms with Crippen molar-refractivity contribution in [3.8, 4) is 0 Å². The van der Waals surface area contributed by atoms with Gasteiger partial charge in [0.1, 0.15) is 0 Å². The van der Waals surface area contributed by atoms with Gasteiger partial charge in [0.25, 0.3) is 0 Å². The SMILES string of the molecule is c1ccc2c[te]cc2c1. The summed E-state index contributed by atoms with van der Waals surface area (Å²) >= 11 is 0.108. The van der Waals surface area contributed by atoms with Gasteiger partial charge in [-0.05, 0) is 0 Å². The quantitative estimate of drug-likeness (QED) is 0.606. The van der Waals surface area contributed by atoms with E-state index in [0.29, 0.717) is 0 Å². The van der Waals surface area contributed by atoms with Crippen molar-refractivity contribution < 1.29 is 0 Å². The Hall–Kier alpha value is -0.250. The second-order valence-electron chi connectivity index (χ2n) is 2.00. The zero-order valence-electron chi connectivity index (χ0n) is 4.87. The third-order valence-electron chi connectivity index (χ3n) is 1.39. The first-order valence-corrected chi connectivity index (χ1v) is 5.57. The van der Waals surface area contributed by atoms with Gasteiger partial charge in [-0.2, -0.15) is 0 Å². The Balaban J connectivity index is 2.95. The summed E-state index contributed by atoms with van der Waals surface area (Å²) in [6, 6.07) is 8.57. The molecule has 0 N–H and O–H groups in total. The Kier molecular flexibility index (Phi) is 1.33. The summed E-state index contributed by atoms with van der Waals surface area (Å²) in [4.78, 5) is 0. The van der Waals surface area contributed by atoms with Crippen molar-refractivity contribution in [1.29, 1.82) is 0 Å². The standard InChI is InChI=1S/C8H6Te/c1-2-4-8-6-9-5-7(8)3-1/h1-6H. The maximum absolute atomic E-state index is 2.38. The van der Waals surface area contributed by atoms with Crippen molar-refractivity contribution in [2.75, 3.05) is 0 Å². The van der Waals surface area contributed by atoms with Crippen LogP contribution in [0.2, 0.25) is 0 Å². The molecule has 1 aromatic carbocycles. The van der Waals surface area contributed by atoms with Gasteiger partial charge in [-0.3, -0.25) is 0 Å². The van der Waals surface area contributed by atoms with Gasteiger partial charge in [0.2, 0.25) is 0 Å². The molecule has 0 unspecified atom stereocenters. The van der Waals surface area contributed by atoms with Crippen molar-refractivity contribution in [2.24, 2.45) is 0 Å². The molecule has 9 heavy (non-hydrogen) atoms. The van der Waals surface area contributed by atoms with Crippen LogP contribution in [0.1, 0.15) is 0 Å². The summed E-state index contributed by atoms with van der Waals surface area (Å²) in [5, 5.41) is 2.89. The number of benzene rings is 1. The summed E-state index contributed by atoms with van der Waals surface area (Å²) in [7, 11) is 0. The molecule has 1 heteroatoms. The van der Waals surface area contributed by atoms with Crippen molar-refractivity contribution in [3.63, 3.8) is 0 Å². The second-order valence-corrected chi connectivity index (χ2v) is 4.12. The van der Waals surface area contributed by atoms with Gasteiger partial charge in [-0.25, -0.2) is 0 Å². The summed E-state index contributed by atoms with van der Waals surface area (Å²) in [6.07, 6.45) is 0. The van der Waals surface area contributed by atoms with Gasteiger partial charge < -0.3 is 0 Å². The molecular formula is C8H6Te. The fourth-order valence-electron chi connectivity index (χ4n) is 0.906. The molecule has 0 nitrogen and oxygen atoms in total. The molecular weight excluding hydrogens is 224 g/mol. The van der Waals surface area contributed by atoms with Gasteiger partial charge in [0, 0.05) is 0 Å². The van der Waals surface area contributed by atoms with Crippen LogP contribution in [0.5, 0.6) is 0 Å². The van der Waals surface area contributed by atoms with Crippen molar-refractivity contribution in [1.82, 2.24) is 0 Å². The summed E-state index contributed by atoms with van der Waals surface area (Å²) < 4.78 is 4.75. The van der Waals surface area contributed by atoms with Crippen LogP contribution in [-0.2, 0) is 0 Å². The van der Waals surface area contributed by atoms with E-state index in [9.17, 15) is 0 Å². The van der Waals surface area contributed by atoms with Crippen LogP contribution >= 0.6 is 0 Å². The van der Waals surface area contributed by atoms with E-state index in [2.05, 4.69) is 32.4 Å². The van der Waals surface area contributed by atoms with Crippen LogP contribution in [0.25, 0.3) is 10.8 Å². The van der Waals surface area contributed by atoms with Crippen molar-refractivity contribution in [3.05, 3.63) is 32.4 Å². The Bertz CT molecular complexity index is 279. The first kappa shape index (κ1) is 5.53. The number of hydrogen-bond acceptors (Lipinski definition) is 0. The molecule has 0 saturated carbocycles. The molecule has 0 radical (unpaired) electrons. The van der Waals surface area contributed by atoms with Gasteiger partial charge in [-0.1, -0.05) is 0 Å². The second kappa shape index (κ2) is 2.17. The van der Waals surface area contributed by atoms with E-state index in [0.717, 1.165) is 0 Å². The molecule has 0 fully saturated rings. The molecule has 2 aromatic rings. The van der Waals surface area contributed by atoms with Crippen molar-refractivity contribution in [2.45, 2.75) is 0 Å². The van der Waals surface area contributed by atoms with E-state index in [4.69, 9.17) is 0 Å². The van der Waals surface area contributed by atoms with E-state index >= 15 is 0 Å². The number of rotatable bonds is 0. The van der Waals surface area contributed by atoms with Crippen LogP contribution in [0, 0.1) is 0 Å². The summed E-state index contributed by atoms with van der Waals surface area (Å²) in [5.74, 6) is 0. The molecule has 0 bridgehead atoms. The maximum atomic E-state index is 2.38. The fourth-order valence-corrected chi connectivity index (χ4v) is 3.16. The molecule has 2 rings (SSSR count). The minimum atomic E-state index is 0.108. The van der Waals surface area contributed by atoms with Gasteiger partial charge in [0.15, 0.2) is 0 Å². The molecule has 1 aromatic heterocycles. The van der Waals surface area contributed by atoms with Crippen molar-refractivity contribution >= 4 is 31.2 Å². The molecule has 0 aliphatic rings. The van der Waals surface area contributed by atoms with E-state index < -0.39 is 0 Å². The van der Waals surface area contributed by atoms with E-state index in [-0.39, 0.29) is 20.4 Å². The first-order chi connectivity index (χ1) is 4.47. The Morgan fingerprint density at radius 1 is 0.889 bits per heavy atom. The molecule has 1 heterocycles. The Labute approximate surface area is 63.7 Å². The molecule has 44 valence electrons. The molecule has 0 spiro atoms. The van der Waals surface area contributed by atoms with E-state index in [1.165, 1.54) is 10.8 Å². The topological polar surface area (TPSA) is 0 Å². The average molecular weight is 230 g/mol. The number of fused-ring (bicyclic) bond motifs is 1. The monoisotopic (exact) mass is 232 g/mol. The first-order valence-electron chi connectivity index (χ1n) is 2.88. The van der Waals surface area contributed by atoms with Crippen LogP contribution in [0.3, 0.4) is 0 Å². The van der Waals surface area contributed by atoms with Gasteiger partial charge in [0.05, 0.1) is 0 Å². The molecule has 0 amide bonds. The molecule has 0 atom stereocenters. The van der Waals surface area contributed by atoms with Crippen LogP contribution in [0.15, 0.2) is 32.4 Å². The fraction of sp³-hybridized carbons (Fsp3) is 0. The summed E-state index contributed by atoms with van der Waals surface area (Å²) in [6.45, 7) is 0. The normalized spacial score (nSPS) is 10.2. The van der Waals surface area contributed by atoms with Crippen LogP contribution in [0.4, 0.5) is 0 Å². The zero-order chi connectivity index (χ0) is 6.10. The minimum absolute atomic E-state index is 0.108. The molecule has 0 aliphatic heterocycles. The average Bonchev–Trinajstić information content (AvgIpc) is 2.33. The van der Waals surface area contributed by atoms with Crippen LogP contribution in [-0.4, -0.2) is 20.4 Å². The Morgan fingerprint density at radius 2 is 1.44 bits per heavy atom. The van der Waals surface area contributed by atoms with Gasteiger partial charge in [-0.15, -0.1) is 0 Å². The molecule has 0 aliphatic carbocycles. The molecule has 0 saturated heterocycles. The predicted molar refractivity (Wildman–Crippen MR) is 40.9 cm³/mol. The predicted octanol–water partition coefficient (Wildman–Crippen LogP) is 1.90. The third kappa shape index (κ3) is 0.913. The summed E-state index contributed by atoms with van der Waals surface area (Å²) in [5.41, 5.74) is 0. The van der Waals surface area contributed by atoms with E-state index in [1.807, 2.05) is 0 Å². The zero-order valence-corrected chi connectivity index (χ0v) is 7.20. The third-order valence-corrected chi connectivity index (χ3v) is 3.61. The Morgan fingerprint density at radius 3 is 2.00 bits per heavy atom. The van der Waals surface area contributed by atoms with Gasteiger partial charge >= 0.3 is 63.6 Å².